The maximum atomic E-state index is 12.5. The highest BCUT2D eigenvalue weighted by atomic mass is 16.5. The van der Waals surface area contributed by atoms with E-state index in [9.17, 15) is 14.4 Å². The van der Waals surface area contributed by atoms with Gasteiger partial charge in [-0.1, -0.05) is 42.2 Å². The van der Waals surface area contributed by atoms with Gasteiger partial charge in [0, 0.05) is 45.1 Å². The number of benzene rings is 1. The molecular weight excluding hydrogens is 460 g/mol. The second-order valence-corrected chi connectivity index (χ2v) is 9.51. The summed E-state index contributed by atoms with van der Waals surface area (Å²) in [5, 5.41) is 0. The van der Waals surface area contributed by atoms with E-state index in [1.165, 1.54) is 19.4 Å². The Morgan fingerprint density at radius 3 is 2.22 bits per heavy atom. The van der Waals surface area contributed by atoms with Crippen molar-refractivity contribution in [3.63, 3.8) is 0 Å². The van der Waals surface area contributed by atoms with Crippen molar-refractivity contribution in [2.75, 3.05) is 33.3 Å². The molecule has 0 spiro atoms. The maximum absolute atomic E-state index is 12.5. The van der Waals surface area contributed by atoms with Crippen molar-refractivity contribution in [2.24, 2.45) is 0 Å². The van der Waals surface area contributed by atoms with E-state index >= 15 is 0 Å². The molecule has 1 aromatic carbocycles. The number of carbonyl (C=O) groups is 2. The number of amides is 1. The van der Waals surface area contributed by atoms with Crippen LogP contribution in [0.5, 0.6) is 5.75 Å². The highest BCUT2D eigenvalue weighted by molar-refractivity contribution is 5.76. The number of hydrogen-bond donors (Lipinski definition) is 0. The molecule has 1 saturated heterocycles. The molecule has 0 saturated carbocycles. The van der Waals surface area contributed by atoms with E-state index in [1.807, 2.05) is 30.9 Å². The van der Waals surface area contributed by atoms with Crippen LogP contribution in [0.15, 0.2) is 39.7 Å². The Kier molecular flexibility index (Phi) is 10.5. The summed E-state index contributed by atoms with van der Waals surface area (Å²) in [7, 11) is 1.40. The van der Waals surface area contributed by atoms with E-state index in [0.717, 1.165) is 55.5 Å². The number of ether oxygens (including phenoxy) is 2. The quantitative estimate of drug-likeness (QED) is 0.323. The summed E-state index contributed by atoms with van der Waals surface area (Å²) in [4.78, 5) is 40.2. The van der Waals surface area contributed by atoms with Crippen molar-refractivity contribution in [2.45, 2.75) is 65.5 Å². The lowest BCUT2D eigenvalue weighted by atomic mass is 10.1. The Balaban J connectivity index is 1.37. The number of aryl methyl sites for hydroxylation is 2. The molecule has 0 bridgehead atoms. The summed E-state index contributed by atoms with van der Waals surface area (Å²) < 4.78 is 16.0. The van der Waals surface area contributed by atoms with Crippen LogP contribution in [-0.2, 0) is 27.5 Å². The van der Waals surface area contributed by atoms with Gasteiger partial charge in [0.05, 0.1) is 13.7 Å². The van der Waals surface area contributed by atoms with Crippen molar-refractivity contribution in [3.8, 4) is 5.75 Å². The molecule has 2 aromatic rings. The normalized spacial score (nSPS) is 14.0. The van der Waals surface area contributed by atoms with Gasteiger partial charge in [-0.05, 0) is 32.3 Å². The first-order valence-electron chi connectivity index (χ1n) is 12.7. The van der Waals surface area contributed by atoms with Crippen LogP contribution >= 0.6 is 0 Å². The molecule has 0 atom stereocenters. The van der Waals surface area contributed by atoms with Crippen molar-refractivity contribution in [3.05, 3.63) is 63.2 Å². The predicted molar refractivity (Wildman–Crippen MR) is 137 cm³/mol. The summed E-state index contributed by atoms with van der Waals surface area (Å²) in [6, 6.07) is 7.68. The largest absolute Gasteiger partial charge is 0.482 e. The van der Waals surface area contributed by atoms with E-state index in [2.05, 4.69) is 15.7 Å². The number of unbranched alkanes of at least 4 members (excludes halogenated alkanes) is 3. The van der Waals surface area contributed by atoms with Crippen LogP contribution in [0.25, 0.3) is 0 Å². The standard InChI is InChI=1S/C28H38N2O6/c1-21-14-22(2)16-23(15-21)19-36-26-20-35-24(17-25(26)31)18-29-10-12-30(13-11-29)27(32)8-6-4-5-7-9-28(33)34-3/h14-17,20H,4-13,18-19H2,1-3H3. The van der Waals surface area contributed by atoms with Crippen LogP contribution in [0.4, 0.5) is 0 Å². The molecule has 1 fully saturated rings. The lowest BCUT2D eigenvalue weighted by Gasteiger charge is -2.34. The first-order chi connectivity index (χ1) is 17.3. The van der Waals surface area contributed by atoms with Crippen LogP contribution in [0, 0.1) is 13.8 Å². The molecule has 1 aliphatic heterocycles. The number of rotatable bonds is 12. The summed E-state index contributed by atoms with van der Waals surface area (Å²) >= 11 is 0. The second kappa shape index (κ2) is 13.8. The molecule has 8 heteroatoms. The molecule has 1 aliphatic rings. The van der Waals surface area contributed by atoms with Crippen LogP contribution in [-0.4, -0.2) is 55.0 Å². The van der Waals surface area contributed by atoms with Crippen molar-refractivity contribution >= 4 is 11.9 Å². The van der Waals surface area contributed by atoms with Crippen molar-refractivity contribution in [1.29, 1.82) is 0 Å². The van der Waals surface area contributed by atoms with Gasteiger partial charge in [-0.25, -0.2) is 0 Å². The van der Waals surface area contributed by atoms with E-state index in [4.69, 9.17) is 9.15 Å². The molecule has 1 aromatic heterocycles. The minimum absolute atomic E-state index is 0.180. The zero-order valence-corrected chi connectivity index (χ0v) is 21.7. The Hall–Kier alpha value is -3.13. The second-order valence-electron chi connectivity index (χ2n) is 9.51. The van der Waals surface area contributed by atoms with E-state index in [1.54, 1.807) is 0 Å². The number of piperazine rings is 1. The van der Waals surface area contributed by atoms with Gasteiger partial charge in [0.1, 0.15) is 18.6 Å². The Morgan fingerprint density at radius 1 is 0.917 bits per heavy atom. The Morgan fingerprint density at radius 2 is 1.58 bits per heavy atom. The van der Waals surface area contributed by atoms with Gasteiger partial charge in [0.25, 0.3) is 0 Å². The van der Waals surface area contributed by atoms with Crippen LogP contribution in [0.1, 0.15) is 61.0 Å². The van der Waals surface area contributed by atoms with Gasteiger partial charge in [0.2, 0.25) is 17.1 Å². The topological polar surface area (TPSA) is 89.3 Å². The molecular formula is C28H38N2O6. The molecule has 0 N–H and O–H groups in total. The summed E-state index contributed by atoms with van der Waals surface area (Å²) in [5.41, 5.74) is 3.14. The molecule has 0 unspecified atom stereocenters. The van der Waals surface area contributed by atoms with Gasteiger partial charge in [-0.15, -0.1) is 0 Å². The summed E-state index contributed by atoms with van der Waals surface area (Å²) in [6.45, 7) is 7.72. The minimum Gasteiger partial charge on any atom is -0.482 e. The molecule has 0 radical (unpaired) electrons. The number of nitrogens with zero attached hydrogens (tertiary/aromatic N) is 2. The first-order valence-corrected chi connectivity index (χ1v) is 12.7. The van der Waals surface area contributed by atoms with Crippen LogP contribution in [0.2, 0.25) is 0 Å². The highest BCUT2D eigenvalue weighted by Gasteiger charge is 2.21. The predicted octanol–water partition coefficient (Wildman–Crippen LogP) is 3.99. The zero-order valence-electron chi connectivity index (χ0n) is 21.7. The third-order valence-electron chi connectivity index (χ3n) is 6.38. The van der Waals surface area contributed by atoms with Gasteiger partial charge < -0.3 is 18.8 Å². The van der Waals surface area contributed by atoms with Crippen molar-refractivity contribution < 1.29 is 23.5 Å². The van der Waals surface area contributed by atoms with Gasteiger partial charge >= 0.3 is 5.97 Å². The van der Waals surface area contributed by atoms with Gasteiger partial charge in [-0.2, -0.15) is 0 Å². The van der Waals surface area contributed by atoms with E-state index < -0.39 is 0 Å². The average molecular weight is 499 g/mol. The Labute approximate surface area is 213 Å². The molecule has 1 amide bonds. The third-order valence-corrected chi connectivity index (χ3v) is 6.38. The maximum Gasteiger partial charge on any atom is 0.305 e. The average Bonchev–Trinajstić information content (AvgIpc) is 2.85. The molecule has 3 rings (SSSR count). The first kappa shape index (κ1) is 27.5. The van der Waals surface area contributed by atoms with Gasteiger partial charge in [-0.3, -0.25) is 19.3 Å². The number of hydrogen-bond acceptors (Lipinski definition) is 7. The fraction of sp³-hybridized carbons (Fsp3) is 0.536. The van der Waals surface area contributed by atoms with Crippen LogP contribution < -0.4 is 10.2 Å². The van der Waals surface area contributed by atoms with E-state index in [-0.39, 0.29) is 23.1 Å². The number of esters is 1. The smallest absolute Gasteiger partial charge is 0.305 e. The fourth-order valence-electron chi connectivity index (χ4n) is 4.48. The molecule has 36 heavy (non-hydrogen) atoms. The molecule has 196 valence electrons. The third kappa shape index (κ3) is 8.82. The minimum atomic E-state index is -0.193. The lowest BCUT2D eigenvalue weighted by Crippen LogP contribution is -2.48. The summed E-state index contributed by atoms with van der Waals surface area (Å²) in [5.74, 6) is 0.796. The fourth-order valence-corrected chi connectivity index (χ4v) is 4.48. The molecule has 2 heterocycles. The zero-order chi connectivity index (χ0) is 25.9. The van der Waals surface area contributed by atoms with Gasteiger partial charge in [0.15, 0.2) is 0 Å². The number of carbonyl (C=O) groups excluding carboxylic acids is 2. The molecule has 0 aliphatic carbocycles. The lowest BCUT2D eigenvalue weighted by molar-refractivity contribution is -0.140. The monoisotopic (exact) mass is 498 g/mol. The highest BCUT2D eigenvalue weighted by Crippen LogP contribution is 2.15. The molecule has 8 nitrogen and oxygen atoms in total. The SMILES string of the molecule is COC(=O)CCCCCCC(=O)N1CCN(Cc2cc(=O)c(OCc3cc(C)cc(C)c3)co2)CC1. The van der Waals surface area contributed by atoms with Crippen LogP contribution in [0.3, 0.4) is 0 Å². The number of methoxy groups -OCH3 is 1. The van der Waals surface area contributed by atoms with E-state index in [0.29, 0.717) is 44.8 Å². The van der Waals surface area contributed by atoms with Crippen molar-refractivity contribution in [1.82, 2.24) is 9.80 Å². The Bertz CT molecular complexity index is 1050. The summed E-state index contributed by atoms with van der Waals surface area (Å²) in [6.07, 6.45) is 5.87.